The molecule has 2 heterocycles. The van der Waals surface area contributed by atoms with Crippen molar-refractivity contribution in [3.8, 4) is 17.0 Å². The van der Waals surface area contributed by atoms with E-state index >= 15 is 0 Å². The fourth-order valence-electron chi connectivity index (χ4n) is 3.41. The van der Waals surface area contributed by atoms with Gasteiger partial charge in [-0.3, -0.25) is 9.59 Å². The molecule has 2 aromatic carbocycles. The van der Waals surface area contributed by atoms with Crippen LogP contribution in [0.15, 0.2) is 53.8 Å². The molecule has 0 aliphatic carbocycles. The molecule has 0 radical (unpaired) electrons. The summed E-state index contributed by atoms with van der Waals surface area (Å²) in [7, 11) is 0. The topological polar surface area (TPSA) is 126 Å². The molecule has 0 aliphatic rings. The van der Waals surface area contributed by atoms with Crippen molar-refractivity contribution in [1.29, 1.82) is 0 Å². The number of H-pyrrole nitrogens is 1. The largest absolute Gasteiger partial charge is 0.503 e. The zero-order valence-corrected chi connectivity index (χ0v) is 18.2. The summed E-state index contributed by atoms with van der Waals surface area (Å²) < 4.78 is 1.92. The van der Waals surface area contributed by atoms with Crippen LogP contribution in [0.2, 0.25) is 10.0 Å². The first kappa shape index (κ1) is 21.7. The predicted octanol–water partition coefficient (Wildman–Crippen LogP) is 3.81. The number of aromatic nitrogens is 3. The van der Waals surface area contributed by atoms with Crippen LogP contribution in [-0.4, -0.2) is 32.1 Å². The smallest absolute Gasteiger partial charge is 0.253 e. The van der Waals surface area contributed by atoms with Crippen LogP contribution >= 0.6 is 23.2 Å². The number of imidazole rings is 1. The van der Waals surface area contributed by atoms with Gasteiger partial charge in [-0.2, -0.15) is 0 Å². The van der Waals surface area contributed by atoms with Crippen molar-refractivity contribution in [2.45, 2.75) is 13.0 Å². The number of rotatable bonds is 6. The fraction of sp³-hybridized carbons (Fsp3) is 0.136. The van der Waals surface area contributed by atoms with Crippen molar-refractivity contribution in [3.63, 3.8) is 0 Å². The average molecular weight is 472 g/mol. The van der Waals surface area contributed by atoms with Gasteiger partial charge in [-0.25, -0.2) is 4.98 Å². The van der Waals surface area contributed by atoms with E-state index in [0.29, 0.717) is 30.6 Å². The lowest BCUT2D eigenvalue weighted by Gasteiger charge is -2.13. The second-order valence-electron chi connectivity index (χ2n) is 7.17. The van der Waals surface area contributed by atoms with Crippen molar-refractivity contribution < 1.29 is 9.90 Å². The number of carbonyl (C=O) groups is 1. The predicted molar refractivity (Wildman–Crippen MR) is 125 cm³/mol. The molecule has 0 spiro atoms. The molecule has 4 rings (SSSR count). The number of hydrogen-bond acceptors (Lipinski definition) is 5. The summed E-state index contributed by atoms with van der Waals surface area (Å²) >= 11 is 12.2. The summed E-state index contributed by atoms with van der Waals surface area (Å²) in [5.74, 6) is -0.853. The van der Waals surface area contributed by atoms with E-state index in [2.05, 4.69) is 15.3 Å². The van der Waals surface area contributed by atoms with Crippen LogP contribution in [0.1, 0.15) is 16.8 Å². The third-order valence-electron chi connectivity index (χ3n) is 5.06. The number of nitrogens with two attached hydrogens (primary N) is 1. The summed E-state index contributed by atoms with van der Waals surface area (Å²) in [6.45, 7) is 1.15. The first-order valence-electron chi connectivity index (χ1n) is 9.73. The maximum absolute atomic E-state index is 12.8. The van der Waals surface area contributed by atoms with E-state index in [4.69, 9.17) is 28.9 Å². The molecule has 0 bridgehead atoms. The normalized spacial score (nSPS) is 11.1. The van der Waals surface area contributed by atoms with Crippen molar-refractivity contribution in [3.05, 3.63) is 74.9 Å². The molecule has 164 valence electrons. The Morgan fingerprint density at radius 3 is 2.69 bits per heavy atom. The molecule has 0 unspecified atom stereocenters. The number of nitrogens with one attached hydrogen (secondary N) is 2. The van der Waals surface area contributed by atoms with Gasteiger partial charge in [-0.05, 0) is 30.7 Å². The number of pyridine rings is 1. The van der Waals surface area contributed by atoms with Gasteiger partial charge in [-0.1, -0.05) is 29.3 Å². The van der Waals surface area contributed by atoms with Crippen molar-refractivity contribution in [2.24, 2.45) is 0 Å². The van der Waals surface area contributed by atoms with Crippen molar-refractivity contribution in [1.82, 2.24) is 19.9 Å². The second kappa shape index (κ2) is 8.94. The van der Waals surface area contributed by atoms with Crippen molar-refractivity contribution in [2.75, 3.05) is 12.3 Å². The molecule has 5 N–H and O–H groups in total. The molecule has 4 aromatic rings. The highest BCUT2D eigenvalue weighted by Crippen LogP contribution is 2.36. The highest BCUT2D eigenvalue weighted by Gasteiger charge is 2.19. The van der Waals surface area contributed by atoms with Gasteiger partial charge in [0, 0.05) is 31.0 Å². The first-order chi connectivity index (χ1) is 15.4. The van der Waals surface area contributed by atoms with Crippen LogP contribution in [-0.2, 0) is 6.54 Å². The fourth-order valence-corrected chi connectivity index (χ4v) is 3.89. The number of aromatic hydroxyl groups is 1. The van der Waals surface area contributed by atoms with E-state index in [9.17, 15) is 14.7 Å². The van der Waals surface area contributed by atoms with E-state index in [1.54, 1.807) is 24.7 Å². The Bertz CT molecular complexity index is 1340. The third kappa shape index (κ3) is 4.15. The van der Waals surface area contributed by atoms with Gasteiger partial charge in [0.25, 0.3) is 5.91 Å². The molecule has 8 nitrogen and oxygen atoms in total. The Labute approximate surface area is 192 Å². The number of halogens is 2. The lowest BCUT2D eigenvalue weighted by atomic mass is 10.0. The van der Waals surface area contributed by atoms with Gasteiger partial charge in [-0.15, -0.1) is 0 Å². The molecule has 10 heteroatoms. The number of anilines is 1. The molecule has 32 heavy (non-hydrogen) atoms. The molecule has 0 saturated carbocycles. The molecule has 0 aliphatic heterocycles. The quantitative estimate of drug-likeness (QED) is 0.251. The maximum Gasteiger partial charge on any atom is 0.253 e. The molecular formula is C22H19Cl2N5O3. The van der Waals surface area contributed by atoms with Gasteiger partial charge in [0.1, 0.15) is 0 Å². The Kier molecular flexibility index (Phi) is 6.07. The maximum atomic E-state index is 12.8. The summed E-state index contributed by atoms with van der Waals surface area (Å²) in [5.41, 5.74) is 6.38. The monoisotopic (exact) mass is 471 g/mol. The zero-order valence-electron chi connectivity index (χ0n) is 16.7. The van der Waals surface area contributed by atoms with Crippen molar-refractivity contribution >= 4 is 45.7 Å². The number of aryl methyl sites for hydroxylation is 1. The Morgan fingerprint density at radius 2 is 2.00 bits per heavy atom. The summed E-state index contributed by atoms with van der Waals surface area (Å²) in [4.78, 5) is 32.7. The second-order valence-corrected chi connectivity index (χ2v) is 7.98. The zero-order chi connectivity index (χ0) is 22.8. The van der Waals surface area contributed by atoms with E-state index in [0.717, 1.165) is 0 Å². The highest BCUT2D eigenvalue weighted by atomic mass is 35.5. The summed E-state index contributed by atoms with van der Waals surface area (Å²) in [5, 5.41) is 13.9. The number of nitrogens with zero attached hydrogens (tertiary/aromatic N) is 2. The number of fused-ring (bicyclic) bond motifs is 1. The van der Waals surface area contributed by atoms with Gasteiger partial charge in [0.05, 0.1) is 44.2 Å². The molecule has 0 atom stereocenters. The summed E-state index contributed by atoms with van der Waals surface area (Å²) in [6.07, 6.45) is 5.96. The molecule has 2 aromatic heterocycles. The molecule has 1 amide bonds. The van der Waals surface area contributed by atoms with E-state index in [1.807, 2.05) is 10.8 Å². The average Bonchev–Trinajstić information content (AvgIpc) is 3.30. The van der Waals surface area contributed by atoms with Crippen LogP contribution in [0.4, 0.5) is 5.69 Å². The number of para-hydroxylation sites is 1. The van der Waals surface area contributed by atoms with Crippen LogP contribution < -0.4 is 16.5 Å². The number of hydrogen-bond donors (Lipinski definition) is 4. The SMILES string of the molecule is Nc1c(Cl)cc(-c2[nH]c3c(C(=O)NCCCn4ccnc4)cccc3c(=O)c2O)cc1Cl. The Hall–Kier alpha value is -3.49. The van der Waals surface area contributed by atoms with Crippen LogP contribution in [0.5, 0.6) is 5.75 Å². The minimum atomic E-state index is -0.618. The Morgan fingerprint density at radius 1 is 1.25 bits per heavy atom. The van der Waals surface area contributed by atoms with Gasteiger partial charge >= 0.3 is 0 Å². The Balaban J connectivity index is 1.68. The first-order valence-corrected chi connectivity index (χ1v) is 10.5. The van der Waals surface area contributed by atoms with Gasteiger partial charge in [0.15, 0.2) is 5.75 Å². The van der Waals surface area contributed by atoms with Crippen LogP contribution in [0.25, 0.3) is 22.2 Å². The number of nitrogen functional groups attached to an aromatic ring is 1. The third-order valence-corrected chi connectivity index (χ3v) is 5.69. The van der Waals surface area contributed by atoms with Crippen LogP contribution in [0, 0.1) is 0 Å². The number of amides is 1. The molecule has 0 saturated heterocycles. The number of benzene rings is 2. The summed E-state index contributed by atoms with van der Waals surface area (Å²) in [6, 6.07) is 7.70. The minimum Gasteiger partial charge on any atom is -0.503 e. The van der Waals surface area contributed by atoms with E-state index in [1.165, 1.54) is 18.2 Å². The highest BCUT2D eigenvalue weighted by molar-refractivity contribution is 6.39. The lowest BCUT2D eigenvalue weighted by molar-refractivity contribution is 0.0954. The van der Waals surface area contributed by atoms with Gasteiger partial charge in [0.2, 0.25) is 5.43 Å². The van der Waals surface area contributed by atoms with E-state index in [-0.39, 0.29) is 38.3 Å². The molecular weight excluding hydrogens is 453 g/mol. The standard InChI is InChI=1S/C22H19Cl2N5O3/c23-15-9-12(10-16(24)17(15)25)18-21(31)20(30)13-3-1-4-14(19(13)28-18)22(32)27-5-2-7-29-8-6-26-11-29/h1,3-4,6,8-11,31H,2,5,7,25H2,(H,27,32)(H,28,30). The van der Waals surface area contributed by atoms with E-state index < -0.39 is 11.2 Å². The molecule has 0 fully saturated rings. The van der Waals surface area contributed by atoms with Crippen LogP contribution in [0.3, 0.4) is 0 Å². The minimum absolute atomic E-state index is 0.0895. The number of carbonyl (C=O) groups excluding carboxylic acids is 1. The number of aromatic amines is 1. The van der Waals surface area contributed by atoms with Gasteiger partial charge < -0.3 is 25.7 Å². The lowest BCUT2D eigenvalue weighted by Crippen LogP contribution is -2.26.